The first-order valence-corrected chi connectivity index (χ1v) is 7.69. The summed E-state index contributed by atoms with van der Waals surface area (Å²) in [6, 6.07) is 1.57. The van der Waals surface area contributed by atoms with Gasteiger partial charge in [0.2, 0.25) is 5.82 Å². The molecule has 1 fully saturated rings. The Morgan fingerprint density at radius 2 is 2.21 bits per heavy atom. The van der Waals surface area contributed by atoms with Gasteiger partial charge in [0.1, 0.15) is 0 Å². The quantitative estimate of drug-likeness (QED) is 0.662. The number of nitrogens with zero attached hydrogens (tertiary/aromatic N) is 2. The predicted molar refractivity (Wildman–Crippen MR) is 78.8 cm³/mol. The predicted octanol–water partition coefficient (Wildman–Crippen LogP) is 3.39. The molecule has 0 radical (unpaired) electrons. The molecule has 0 aliphatic heterocycles. The number of thioether (sulfide) groups is 1. The molecule has 6 heteroatoms. The highest BCUT2D eigenvalue weighted by Crippen LogP contribution is 2.40. The lowest BCUT2D eigenvalue weighted by Crippen LogP contribution is -2.30. The minimum absolute atomic E-state index is 0.0641. The molecule has 1 aliphatic carbocycles. The molecule has 1 aromatic heterocycles. The molecule has 0 atom stereocenters. The molecule has 0 amide bonds. The van der Waals surface area contributed by atoms with Gasteiger partial charge in [-0.2, -0.15) is 11.8 Å². The Bertz CT molecular complexity index is 473. The molecule has 1 saturated carbocycles. The van der Waals surface area contributed by atoms with Gasteiger partial charge in [0, 0.05) is 23.6 Å². The van der Waals surface area contributed by atoms with Gasteiger partial charge in [0.15, 0.2) is 0 Å². The van der Waals surface area contributed by atoms with Crippen LogP contribution >= 0.6 is 11.8 Å². The molecular formula is C13H19N3O2S. The third-order valence-electron chi connectivity index (χ3n) is 3.73. The molecule has 19 heavy (non-hydrogen) atoms. The molecule has 5 nitrogen and oxygen atoms in total. The van der Waals surface area contributed by atoms with Crippen LogP contribution in [0.2, 0.25) is 0 Å². The molecule has 0 saturated heterocycles. The number of aromatic nitrogens is 1. The van der Waals surface area contributed by atoms with Crippen LogP contribution in [0.3, 0.4) is 0 Å². The second-order valence-electron chi connectivity index (χ2n) is 5.09. The summed E-state index contributed by atoms with van der Waals surface area (Å²) in [6.07, 6.45) is 8.60. The van der Waals surface area contributed by atoms with Crippen molar-refractivity contribution in [3.05, 3.63) is 27.9 Å². The van der Waals surface area contributed by atoms with Crippen LogP contribution in [0.1, 0.15) is 31.2 Å². The standard InChI is InChI=1S/C13H19N3O2S/c1-10-7-11(16(17)18)12(14-8-10)15-9-13(19-2)5-3-4-6-13/h7-8H,3-6,9H2,1-2H3,(H,14,15). The highest BCUT2D eigenvalue weighted by atomic mass is 32.2. The van der Waals surface area contributed by atoms with Gasteiger partial charge in [0.05, 0.1) is 4.92 Å². The Labute approximate surface area is 117 Å². The van der Waals surface area contributed by atoms with Crippen molar-refractivity contribution >= 4 is 23.3 Å². The van der Waals surface area contributed by atoms with Crippen LogP contribution in [0.4, 0.5) is 11.5 Å². The Hall–Kier alpha value is -1.30. The van der Waals surface area contributed by atoms with Gasteiger partial charge in [-0.15, -0.1) is 0 Å². The SMILES string of the molecule is CSC1(CNc2ncc(C)cc2[N+](=O)[O-])CCCC1. The fourth-order valence-electron chi connectivity index (χ4n) is 2.55. The highest BCUT2D eigenvalue weighted by Gasteiger charge is 2.33. The second kappa shape index (κ2) is 5.77. The Kier molecular flexibility index (Phi) is 4.29. The van der Waals surface area contributed by atoms with Crippen molar-refractivity contribution in [2.45, 2.75) is 37.4 Å². The van der Waals surface area contributed by atoms with E-state index in [2.05, 4.69) is 16.6 Å². The van der Waals surface area contributed by atoms with E-state index < -0.39 is 0 Å². The van der Waals surface area contributed by atoms with Crippen LogP contribution in [0.25, 0.3) is 0 Å². The monoisotopic (exact) mass is 281 g/mol. The summed E-state index contributed by atoms with van der Waals surface area (Å²) >= 11 is 1.86. The van der Waals surface area contributed by atoms with Crippen molar-refractivity contribution in [1.29, 1.82) is 0 Å². The van der Waals surface area contributed by atoms with E-state index in [-0.39, 0.29) is 15.4 Å². The maximum absolute atomic E-state index is 11.0. The summed E-state index contributed by atoms with van der Waals surface area (Å²) in [4.78, 5) is 14.8. The molecule has 104 valence electrons. The first kappa shape index (κ1) is 14.1. The zero-order chi connectivity index (χ0) is 13.9. The molecule has 0 aromatic carbocycles. The lowest BCUT2D eigenvalue weighted by molar-refractivity contribution is -0.384. The highest BCUT2D eigenvalue weighted by molar-refractivity contribution is 8.00. The van der Waals surface area contributed by atoms with E-state index in [4.69, 9.17) is 0 Å². The van der Waals surface area contributed by atoms with Crippen LogP contribution in [0.5, 0.6) is 0 Å². The van der Waals surface area contributed by atoms with Crippen molar-refractivity contribution in [2.24, 2.45) is 0 Å². The maximum Gasteiger partial charge on any atom is 0.311 e. The summed E-state index contributed by atoms with van der Waals surface area (Å²) < 4.78 is 0.209. The van der Waals surface area contributed by atoms with Crippen molar-refractivity contribution < 1.29 is 4.92 Å². The van der Waals surface area contributed by atoms with Crippen LogP contribution in [-0.4, -0.2) is 27.5 Å². The van der Waals surface area contributed by atoms with E-state index >= 15 is 0 Å². The van der Waals surface area contributed by atoms with E-state index in [0.29, 0.717) is 5.82 Å². The fraction of sp³-hybridized carbons (Fsp3) is 0.615. The number of aryl methyl sites for hydroxylation is 1. The van der Waals surface area contributed by atoms with Crippen LogP contribution in [-0.2, 0) is 0 Å². The second-order valence-corrected chi connectivity index (χ2v) is 6.36. The largest absolute Gasteiger partial charge is 0.363 e. The van der Waals surface area contributed by atoms with Crippen LogP contribution in [0, 0.1) is 17.0 Å². The number of hydrogen-bond donors (Lipinski definition) is 1. The number of rotatable bonds is 5. The molecule has 1 N–H and O–H groups in total. The summed E-state index contributed by atoms with van der Waals surface area (Å²) in [5, 5.41) is 14.2. The minimum Gasteiger partial charge on any atom is -0.363 e. The molecule has 1 aromatic rings. The molecule has 1 aliphatic rings. The van der Waals surface area contributed by atoms with E-state index in [1.54, 1.807) is 12.3 Å². The average molecular weight is 281 g/mol. The van der Waals surface area contributed by atoms with E-state index in [0.717, 1.165) is 12.1 Å². The first-order valence-electron chi connectivity index (χ1n) is 6.46. The van der Waals surface area contributed by atoms with Gasteiger partial charge in [-0.25, -0.2) is 4.98 Å². The van der Waals surface area contributed by atoms with Gasteiger partial charge < -0.3 is 5.32 Å². The van der Waals surface area contributed by atoms with Gasteiger partial charge in [0.25, 0.3) is 0 Å². The Morgan fingerprint density at radius 1 is 1.53 bits per heavy atom. The lowest BCUT2D eigenvalue weighted by Gasteiger charge is -2.27. The third-order valence-corrected chi connectivity index (χ3v) is 5.15. The zero-order valence-corrected chi connectivity index (χ0v) is 12.1. The van der Waals surface area contributed by atoms with Crippen molar-refractivity contribution in [3.63, 3.8) is 0 Å². The summed E-state index contributed by atoms with van der Waals surface area (Å²) in [5.41, 5.74) is 0.868. The van der Waals surface area contributed by atoms with Crippen LogP contribution < -0.4 is 5.32 Å². The molecular weight excluding hydrogens is 262 g/mol. The summed E-state index contributed by atoms with van der Waals surface area (Å²) in [6.45, 7) is 2.55. The van der Waals surface area contributed by atoms with E-state index in [9.17, 15) is 10.1 Å². The van der Waals surface area contributed by atoms with Gasteiger partial charge in [-0.3, -0.25) is 10.1 Å². The minimum atomic E-state index is -0.372. The maximum atomic E-state index is 11.0. The zero-order valence-electron chi connectivity index (χ0n) is 11.3. The number of anilines is 1. The van der Waals surface area contributed by atoms with Crippen molar-refractivity contribution in [2.75, 3.05) is 18.1 Å². The number of nitro groups is 1. The average Bonchev–Trinajstić information content (AvgIpc) is 2.86. The summed E-state index contributed by atoms with van der Waals surface area (Å²) in [5.74, 6) is 0.385. The van der Waals surface area contributed by atoms with Crippen LogP contribution in [0.15, 0.2) is 12.3 Å². The number of nitrogens with one attached hydrogen (secondary N) is 1. The smallest absolute Gasteiger partial charge is 0.311 e. The molecule has 0 bridgehead atoms. The molecule has 0 unspecified atom stereocenters. The molecule has 2 rings (SSSR count). The first-order chi connectivity index (χ1) is 9.06. The Balaban J connectivity index is 2.13. The Morgan fingerprint density at radius 3 is 2.79 bits per heavy atom. The van der Waals surface area contributed by atoms with E-state index in [1.165, 1.54) is 25.7 Å². The topological polar surface area (TPSA) is 68.1 Å². The van der Waals surface area contributed by atoms with Crippen molar-refractivity contribution in [3.8, 4) is 0 Å². The van der Waals surface area contributed by atoms with Gasteiger partial charge >= 0.3 is 5.69 Å². The normalized spacial score (nSPS) is 17.4. The third kappa shape index (κ3) is 3.18. The van der Waals surface area contributed by atoms with Gasteiger partial charge in [-0.05, 0) is 31.6 Å². The van der Waals surface area contributed by atoms with Gasteiger partial charge in [-0.1, -0.05) is 12.8 Å². The van der Waals surface area contributed by atoms with Crippen molar-refractivity contribution in [1.82, 2.24) is 4.98 Å². The molecule has 0 spiro atoms. The fourth-order valence-corrected chi connectivity index (χ4v) is 3.46. The summed E-state index contributed by atoms with van der Waals surface area (Å²) in [7, 11) is 0. The number of pyridine rings is 1. The molecule has 1 heterocycles. The van der Waals surface area contributed by atoms with E-state index in [1.807, 2.05) is 18.7 Å². The lowest BCUT2D eigenvalue weighted by atomic mass is 10.1. The number of hydrogen-bond acceptors (Lipinski definition) is 5.